The van der Waals surface area contributed by atoms with Gasteiger partial charge in [0.05, 0.1) is 17.3 Å². The predicted octanol–water partition coefficient (Wildman–Crippen LogP) is 2.61. The number of carbonyl (C=O) groups is 1. The number of methoxy groups -OCH3 is 1. The van der Waals surface area contributed by atoms with E-state index in [0.717, 1.165) is 47.0 Å². The maximum absolute atomic E-state index is 12.0. The molecule has 118 valence electrons. The van der Waals surface area contributed by atoms with Crippen molar-refractivity contribution < 1.29 is 9.53 Å². The fraction of sp³-hybridized carbons (Fsp3) is 0.500. The summed E-state index contributed by atoms with van der Waals surface area (Å²) in [6, 6.07) is 5.96. The summed E-state index contributed by atoms with van der Waals surface area (Å²) < 4.78 is 6.40. The summed E-state index contributed by atoms with van der Waals surface area (Å²) in [6.07, 6.45) is 1.80. The summed E-state index contributed by atoms with van der Waals surface area (Å²) in [5, 5.41) is 1.04. The molecular weight excluding hydrogens is 298 g/mol. The topological polar surface area (TPSA) is 45.7 Å². The number of rotatable bonds is 3. The van der Waals surface area contributed by atoms with Crippen LogP contribution in [0.5, 0.6) is 5.75 Å². The van der Waals surface area contributed by atoms with Crippen molar-refractivity contribution in [2.75, 3.05) is 39.2 Å². The predicted molar refractivity (Wildman–Crippen MR) is 89.8 cm³/mol. The van der Waals surface area contributed by atoms with Crippen molar-refractivity contribution in [3.63, 3.8) is 0 Å². The van der Waals surface area contributed by atoms with Gasteiger partial charge in [0.2, 0.25) is 5.91 Å². The van der Waals surface area contributed by atoms with E-state index in [0.29, 0.717) is 0 Å². The van der Waals surface area contributed by atoms with Gasteiger partial charge >= 0.3 is 0 Å². The zero-order valence-corrected chi connectivity index (χ0v) is 14.0. The maximum atomic E-state index is 12.0. The minimum atomic E-state index is 0.153. The molecule has 5 nitrogen and oxygen atoms in total. The minimum Gasteiger partial charge on any atom is -0.497 e. The van der Waals surface area contributed by atoms with E-state index in [1.54, 1.807) is 23.3 Å². The molecule has 22 heavy (non-hydrogen) atoms. The van der Waals surface area contributed by atoms with Crippen LogP contribution in [-0.2, 0) is 4.79 Å². The lowest BCUT2D eigenvalue weighted by molar-refractivity contribution is -0.133. The van der Waals surface area contributed by atoms with E-state index in [9.17, 15) is 4.79 Å². The molecule has 1 aliphatic rings. The number of fused-ring (bicyclic) bond motifs is 1. The Morgan fingerprint density at radius 2 is 2.09 bits per heavy atom. The lowest BCUT2D eigenvalue weighted by Gasteiger charge is -2.32. The van der Waals surface area contributed by atoms with Crippen LogP contribution < -0.4 is 9.64 Å². The van der Waals surface area contributed by atoms with E-state index in [4.69, 9.17) is 9.72 Å². The fourth-order valence-electron chi connectivity index (χ4n) is 2.84. The van der Waals surface area contributed by atoms with Crippen LogP contribution in [0.4, 0.5) is 5.13 Å². The highest BCUT2D eigenvalue weighted by Gasteiger charge is 2.27. The number of carbonyl (C=O) groups excluding carboxylic acids is 1. The molecule has 0 atom stereocenters. The number of amides is 1. The number of hydrogen-bond acceptors (Lipinski definition) is 5. The molecule has 0 bridgehead atoms. The van der Waals surface area contributed by atoms with Gasteiger partial charge in [0.1, 0.15) is 5.75 Å². The van der Waals surface area contributed by atoms with Gasteiger partial charge in [-0.25, -0.2) is 4.98 Å². The third-order valence-electron chi connectivity index (χ3n) is 4.14. The van der Waals surface area contributed by atoms with E-state index in [1.807, 2.05) is 32.3 Å². The van der Waals surface area contributed by atoms with E-state index in [-0.39, 0.29) is 11.8 Å². The van der Waals surface area contributed by atoms with Crippen LogP contribution in [0.3, 0.4) is 0 Å². The van der Waals surface area contributed by atoms with Crippen LogP contribution >= 0.6 is 11.3 Å². The Bertz CT molecular complexity index is 675. The van der Waals surface area contributed by atoms with Crippen LogP contribution in [0, 0.1) is 5.92 Å². The van der Waals surface area contributed by atoms with Gasteiger partial charge in [0.15, 0.2) is 5.13 Å². The van der Waals surface area contributed by atoms with Gasteiger partial charge < -0.3 is 14.5 Å². The molecule has 1 amide bonds. The van der Waals surface area contributed by atoms with Gasteiger partial charge in [-0.05, 0) is 31.0 Å². The quantitative estimate of drug-likeness (QED) is 0.872. The standard InChI is InChI=1S/C16H21N3O2S/c1-18(2)15(20)11-6-8-19(9-7-11)16-17-13-5-4-12(21-3)10-14(13)22-16/h4-5,10-11H,6-9H2,1-3H3. The summed E-state index contributed by atoms with van der Waals surface area (Å²) in [7, 11) is 5.33. The van der Waals surface area contributed by atoms with Gasteiger partial charge in [0.25, 0.3) is 0 Å². The highest BCUT2D eigenvalue weighted by atomic mass is 32.1. The first-order valence-corrected chi connectivity index (χ1v) is 8.31. The van der Waals surface area contributed by atoms with Crippen molar-refractivity contribution in [3.05, 3.63) is 18.2 Å². The number of piperidine rings is 1. The first kappa shape index (κ1) is 15.1. The highest BCUT2D eigenvalue weighted by Crippen LogP contribution is 2.33. The number of anilines is 1. The molecule has 2 aromatic rings. The Morgan fingerprint density at radius 3 is 2.73 bits per heavy atom. The molecule has 0 N–H and O–H groups in total. The Hall–Kier alpha value is -1.82. The van der Waals surface area contributed by atoms with Crippen molar-refractivity contribution in [2.45, 2.75) is 12.8 Å². The molecule has 1 aliphatic heterocycles. The number of aromatic nitrogens is 1. The molecule has 1 fully saturated rings. The Balaban J connectivity index is 1.72. The van der Waals surface area contributed by atoms with Crippen molar-refractivity contribution in [1.82, 2.24) is 9.88 Å². The molecule has 0 aliphatic carbocycles. The van der Waals surface area contributed by atoms with Gasteiger partial charge in [-0.2, -0.15) is 0 Å². The van der Waals surface area contributed by atoms with Gasteiger partial charge in [-0.1, -0.05) is 11.3 Å². The normalized spacial score (nSPS) is 16.0. The van der Waals surface area contributed by atoms with E-state index < -0.39 is 0 Å². The molecule has 6 heteroatoms. The monoisotopic (exact) mass is 319 g/mol. The Morgan fingerprint density at radius 1 is 1.36 bits per heavy atom. The maximum Gasteiger partial charge on any atom is 0.225 e. The Kier molecular flexibility index (Phi) is 4.20. The van der Waals surface area contributed by atoms with Crippen LogP contribution in [0.15, 0.2) is 18.2 Å². The summed E-state index contributed by atoms with van der Waals surface area (Å²) in [5.74, 6) is 1.26. The molecule has 3 rings (SSSR count). The number of thiazole rings is 1. The highest BCUT2D eigenvalue weighted by molar-refractivity contribution is 7.22. The van der Waals surface area contributed by atoms with Crippen LogP contribution in [0.1, 0.15) is 12.8 Å². The van der Waals surface area contributed by atoms with E-state index in [1.165, 1.54) is 0 Å². The molecule has 0 radical (unpaired) electrons. The average Bonchev–Trinajstić information content (AvgIpc) is 2.97. The zero-order valence-electron chi connectivity index (χ0n) is 13.2. The van der Waals surface area contributed by atoms with Gasteiger partial charge in [-0.15, -0.1) is 0 Å². The summed E-state index contributed by atoms with van der Waals surface area (Å²) in [6.45, 7) is 1.78. The minimum absolute atomic E-state index is 0.153. The van der Waals surface area contributed by atoms with Gasteiger partial charge in [0, 0.05) is 33.1 Å². The molecule has 1 saturated heterocycles. The van der Waals surface area contributed by atoms with E-state index in [2.05, 4.69) is 4.90 Å². The van der Waals surface area contributed by atoms with Crippen molar-refractivity contribution >= 4 is 32.6 Å². The van der Waals surface area contributed by atoms with E-state index >= 15 is 0 Å². The van der Waals surface area contributed by atoms with Crippen LogP contribution in [0.2, 0.25) is 0 Å². The molecule has 0 saturated carbocycles. The van der Waals surface area contributed by atoms with Crippen molar-refractivity contribution in [1.29, 1.82) is 0 Å². The molecule has 0 spiro atoms. The second-order valence-corrected chi connectivity index (χ2v) is 6.83. The zero-order chi connectivity index (χ0) is 15.7. The molecular formula is C16H21N3O2S. The molecule has 0 unspecified atom stereocenters. The smallest absolute Gasteiger partial charge is 0.225 e. The second kappa shape index (κ2) is 6.12. The number of nitrogens with zero attached hydrogens (tertiary/aromatic N) is 3. The molecule has 2 heterocycles. The van der Waals surface area contributed by atoms with Crippen molar-refractivity contribution in [3.8, 4) is 5.75 Å². The SMILES string of the molecule is COc1ccc2nc(N3CCC(C(=O)N(C)C)CC3)sc2c1. The number of hydrogen-bond donors (Lipinski definition) is 0. The lowest BCUT2D eigenvalue weighted by atomic mass is 9.96. The second-order valence-electron chi connectivity index (χ2n) is 5.82. The van der Waals surface area contributed by atoms with Crippen molar-refractivity contribution in [2.24, 2.45) is 5.92 Å². The lowest BCUT2D eigenvalue weighted by Crippen LogP contribution is -2.40. The fourth-order valence-corrected chi connectivity index (χ4v) is 3.88. The average molecular weight is 319 g/mol. The van der Waals surface area contributed by atoms with Gasteiger partial charge in [-0.3, -0.25) is 4.79 Å². The van der Waals surface area contributed by atoms with Crippen LogP contribution in [0.25, 0.3) is 10.2 Å². The summed E-state index contributed by atoms with van der Waals surface area (Å²) in [5.41, 5.74) is 1.01. The van der Waals surface area contributed by atoms with Crippen LogP contribution in [-0.4, -0.2) is 50.1 Å². The number of ether oxygens (including phenoxy) is 1. The summed E-state index contributed by atoms with van der Waals surface area (Å²) in [4.78, 5) is 20.7. The first-order valence-electron chi connectivity index (χ1n) is 7.49. The third kappa shape index (κ3) is 2.88. The molecule has 1 aromatic carbocycles. The summed E-state index contributed by atoms with van der Waals surface area (Å²) >= 11 is 1.69. The molecule has 1 aromatic heterocycles. The first-order chi connectivity index (χ1) is 10.6. The largest absolute Gasteiger partial charge is 0.497 e. The number of benzene rings is 1. The third-order valence-corrected chi connectivity index (χ3v) is 5.22. The Labute approximate surface area is 134 Å².